The second kappa shape index (κ2) is 5.50. The van der Waals surface area contributed by atoms with Gasteiger partial charge in [-0.05, 0) is 24.7 Å². The van der Waals surface area contributed by atoms with Gasteiger partial charge in [-0.1, -0.05) is 27.2 Å². The van der Waals surface area contributed by atoms with Gasteiger partial charge in [0.2, 0.25) is 0 Å². The maximum absolute atomic E-state index is 6.22. The molecular weight excluding hydrogens is 228 g/mol. The predicted molar refractivity (Wildman–Crippen MR) is 77.5 cm³/mol. The van der Waals surface area contributed by atoms with Gasteiger partial charge in [0.15, 0.2) is 0 Å². The quantitative estimate of drug-likeness (QED) is 0.823. The van der Waals surface area contributed by atoms with Crippen molar-refractivity contribution in [2.75, 3.05) is 25.4 Å². The summed E-state index contributed by atoms with van der Waals surface area (Å²) in [6.07, 6.45) is 4.06. The molecule has 0 amide bonds. The molecule has 1 heterocycles. The summed E-state index contributed by atoms with van der Waals surface area (Å²) in [7, 11) is 0. The average Bonchev–Trinajstić information content (AvgIpc) is 2.32. The van der Waals surface area contributed by atoms with E-state index < -0.39 is 0 Å². The van der Waals surface area contributed by atoms with Crippen LogP contribution in [0.15, 0.2) is 0 Å². The van der Waals surface area contributed by atoms with Crippen molar-refractivity contribution in [3.63, 3.8) is 0 Å². The Morgan fingerprint density at radius 1 is 1.29 bits per heavy atom. The summed E-state index contributed by atoms with van der Waals surface area (Å²) in [6, 6.07) is 0. The summed E-state index contributed by atoms with van der Waals surface area (Å²) in [6.45, 7) is 10.5. The minimum atomic E-state index is 0.299. The molecule has 2 fully saturated rings. The van der Waals surface area contributed by atoms with E-state index in [4.69, 9.17) is 5.73 Å². The Hall–Kier alpha value is 0.270. The highest BCUT2D eigenvalue weighted by Crippen LogP contribution is 2.42. The molecule has 0 spiro atoms. The standard InChI is InChI=1S/C14H28N2S/c1-11-4-5-12(2)14(8-11,10-15)16-6-7-17-13(3)9-16/h11-13H,4-10,15H2,1-3H3. The van der Waals surface area contributed by atoms with E-state index in [9.17, 15) is 0 Å². The summed E-state index contributed by atoms with van der Waals surface area (Å²) >= 11 is 2.11. The van der Waals surface area contributed by atoms with E-state index >= 15 is 0 Å². The van der Waals surface area contributed by atoms with Crippen molar-refractivity contribution < 1.29 is 0 Å². The molecule has 0 radical (unpaired) electrons. The second-order valence-electron chi connectivity index (χ2n) is 6.22. The van der Waals surface area contributed by atoms with Crippen LogP contribution in [0.3, 0.4) is 0 Å². The Labute approximate surface area is 111 Å². The van der Waals surface area contributed by atoms with Crippen molar-refractivity contribution in [1.29, 1.82) is 0 Å². The minimum absolute atomic E-state index is 0.299. The number of hydrogen-bond donors (Lipinski definition) is 1. The second-order valence-corrected chi connectivity index (χ2v) is 7.77. The van der Waals surface area contributed by atoms with Gasteiger partial charge in [-0.3, -0.25) is 4.90 Å². The normalized spacial score (nSPS) is 44.8. The molecule has 2 nitrogen and oxygen atoms in total. The summed E-state index contributed by atoms with van der Waals surface area (Å²) in [5.41, 5.74) is 6.52. The Kier molecular flexibility index (Phi) is 4.43. The molecule has 4 atom stereocenters. The molecule has 3 heteroatoms. The zero-order chi connectivity index (χ0) is 12.5. The van der Waals surface area contributed by atoms with Crippen LogP contribution in [-0.4, -0.2) is 41.1 Å². The highest BCUT2D eigenvalue weighted by atomic mass is 32.2. The van der Waals surface area contributed by atoms with Crippen LogP contribution in [0.5, 0.6) is 0 Å². The van der Waals surface area contributed by atoms with E-state index in [2.05, 4.69) is 37.4 Å². The van der Waals surface area contributed by atoms with Crippen LogP contribution in [0.2, 0.25) is 0 Å². The summed E-state index contributed by atoms with van der Waals surface area (Å²) in [5.74, 6) is 2.89. The predicted octanol–water partition coefficient (Wildman–Crippen LogP) is 2.58. The number of nitrogens with zero attached hydrogens (tertiary/aromatic N) is 1. The van der Waals surface area contributed by atoms with E-state index in [1.807, 2.05) is 0 Å². The zero-order valence-corrected chi connectivity index (χ0v) is 12.4. The number of rotatable bonds is 2. The first-order valence-electron chi connectivity index (χ1n) is 7.15. The Balaban J connectivity index is 2.16. The van der Waals surface area contributed by atoms with Crippen LogP contribution in [0.4, 0.5) is 0 Å². The Morgan fingerprint density at radius 2 is 2.06 bits per heavy atom. The third-order valence-corrected chi connectivity index (χ3v) is 6.07. The van der Waals surface area contributed by atoms with Gasteiger partial charge in [-0.15, -0.1) is 0 Å². The molecule has 1 aliphatic heterocycles. The molecule has 0 bridgehead atoms. The molecule has 0 aromatic heterocycles. The van der Waals surface area contributed by atoms with Gasteiger partial charge in [0.1, 0.15) is 0 Å². The van der Waals surface area contributed by atoms with Crippen LogP contribution >= 0.6 is 11.8 Å². The molecule has 0 aromatic rings. The maximum atomic E-state index is 6.22. The van der Waals surface area contributed by atoms with Crippen molar-refractivity contribution in [1.82, 2.24) is 4.90 Å². The molecule has 1 saturated carbocycles. The lowest BCUT2D eigenvalue weighted by atomic mass is 9.68. The Morgan fingerprint density at radius 3 is 2.71 bits per heavy atom. The number of hydrogen-bond acceptors (Lipinski definition) is 3. The van der Waals surface area contributed by atoms with Gasteiger partial charge >= 0.3 is 0 Å². The average molecular weight is 256 g/mol. The highest BCUT2D eigenvalue weighted by Gasteiger charge is 2.44. The fraction of sp³-hybridized carbons (Fsp3) is 1.00. The summed E-state index contributed by atoms with van der Waals surface area (Å²) < 4.78 is 0. The van der Waals surface area contributed by atoms with Gasteiger partial charge < -0.3 is 5.73 Å². The monoisotopic (exact) mass is 256 g/mol. The lowest BCUT2D eigenvalue weighted by Crippen LogP contribution is -2.63. The maximum Gasteiger partial charge on any atom is 0.0360 e. The van der Waals surface area contributed by atoms with Gasteiger partial charge in [0.25, 0.3) is 0 Å². The van der Waals surface area contributed by atoms with Crippen LogP contribution in [0, 0.1) is 11.8 Å². The molecule has 1 saturated heterocycles. The van der Waals surface area contributed by atoms with Crippen molar-refractivity contribution in [3.8, 4) is 0 Å². The SMILES string of the molecule is CC1CCC(C)C(CN)(N2CCSC(C)C2)C1. The van der Waals surface area contributed by atoms with Gasteiger partial charge in [0.05, 0.1) is 0 Å². The van der Waals surface area contributed by atoms with Crippen LogP contribution in [-0.2, 0) is 0 Å². The molecule has 1 aliphatic carbocycles. The first-order chi connectivity index (χ1) is 8.08. The molecule has 100 valence electrons. The van der Waals surface area contributed by atoms with E-state index in [1.165, 1.54) is 38.1 Å². The summed E-state index contributed by atoms with van der Waals surface area (Å²) in [5, 5.41) is 0.775. The minimum Gasteiger partial charge on any atom is -0.329 e. The number of nitrogens with two attached hydrogens (primary N) is 1. The van der Waals surface area contributed by atoms with Crippen molar-refractivity contribution in [3.05, 3.63) is 0 Å². The van der Waals surface area contributed by atoms with Crippen LogP contribution in [0.25, 0.3) is 0 Å². The highest BCUT2D eigenvalue weighted by molar-refractivity contribution is 7.99. The van der Waals surface area contributed by atoms with Crippen molar-refractivity contribution in [2.24, 2.45) is 17.6 Å². The molecule has 2 rings (SSSR count). The molecule has 4 unspecified atom stereocenters. The zero-order valence-electron chi connectivity index (χ0n) is 11.6. The number of thioether (sulfide) groups is 1. The lowest BCUT2D eigenvalue weighted by molar-refractivity contribution is -0.000935. The lowest BCUT2D eigenvalue weighted by Gasteiger charge is -2.53. The first-order valence-corrected chi connectivity index (χ1v) is 8.20. The fourth-order valence-electron chi connectivity index (χ4n) is 3.79. The van der Waals surface area contributed by atoms with E-state index in [0.717, 1.165) is 23.6 Å². The largest absolute Gasteiger partial charge is 0.329 e. The van der Waals surface area contributed by atoms with E-state index in [-0.39, 0.29) is 0 Å². The van der Waals surface area contributed by atoms with Gasteiger partial charge in [-0.2, -0.15) is 11.8 Å². The fourth-order valence-corrected chi connectivity index (χ4v) is 4.80. The molecule has 0 aromatic carbocycles. The van der Waals surface area contributed by atoms with Gasteiger partial charge in [-0.25, -0.2) is 0 Å². The summed E-state index contributed by atoms with van der Waals surface area (Å²) in [4.78, 5) is 2.73. The first kappa shape index (κ1) is 13.7. The molecule has 17 heavy (non-hydrogen) atoms. The van der Waals surface area contributed by atoms with Crippen molar-refractivity contribution >= 4 is 11.8 Å². The van der Waals surface area contributed by atoms with Crippen LogP contribution < -0.4 is 5.73 Å². The topological polar surface area (TPSA) is 29.3 Å². The Bertz CT molecular complexity index is 259. The third-order valence-electron chi connectivity index (χ3n) is 4.94. The van der Waals surface area contributed by atoms with Crippen molar-refractivity contribution in [2.45, 2.75) is 50.8 Å². The van der Waals surface area contributed by atoms with E-state index in [1.54, 1.807) is 0 Å². The van der Waals surface area contributed by atoms with Crippen LogP contribution in [0.1, 0.15) is 40.0 Å². The van der Waals surface area contributed by atoms with E-state index in [0.29, 0.717) is 5.54 Å². The molecule has 2 N–H and O–H groups in total. The van der Waals surface area contributed by atoms with Gasteiger partial charge in [0, 0.05) is 36.2 Å². The smallest absolute Gasteiger partial charge is 0.0360 e. The third kappa shape index (κ3) is 2.66. The molecule has 2 aliphatic rings. The molecular formula is C14H28N2S.